The number of hydrogen-bond acceptors (Lipinski definition) is 3. The van der Waals surface area contributed by atoms with Crippen molar-refractivity contribution < 1.29 is 13.2 Å². The average molecular weight is 366 g/mol. The minimum absolute atomic E-state index is 0.263. The topological polar surface area (TPSA) is 75.3 Å². The number of carbonyl (C=O) groups excluding carboxylic acids is 1. The summed E-state index contributed by atoms with van der Waals surface area (Å²) >= 11 is 0. The number of hydrogen-bond donors (Lipinski definition) is 2. The minimum Gasteiger partial charge on any atom is -0.322 e. The molecule has 0 heterocycles. The Balaban J connectivity index is 1.87. The maximum absolute atomic E-state index is 12.8. The van der Waals surface area contributed by atoms with Gasteiger partial charge in [-0.25, -0.2) is 8.42 Å². The molecule has 26 heavy (non-hydrogen) atoms. The second-order valence-electron chi connectivity index (χ2n) is 5.82. The van der Waals surface area contributed by atoms with Gasteiger partial charge in [-0.2, -0.15) is 0 Å². The van der Waals surface area contributed by atoms with Crippen LogP contribution in [0.5, 0.6) is 0 Å². The third-order valence-electron chi connectivity index (χ3n) is 3.68. The molecule has 0 radical (unpaired) electrons. The lowest BCUT2D eigenvalue weighted by atomic mass is 9.99. The predicted molar refractivity (Wildman–Crippen MR) is 105 cm³/mol. The molecule has 0 aliphatic rings. The van der Waals surface area contributed by atoms with E-state index in [1.807, 2.05) is 48.5 Å². The van der Waals surface area contributed by atoms with Gasteiger partial charge in [-0.15, -0.1) is 0 Å². The van der Waals surface area contributed by atoms with Gasteiger partial charge >= 0.3 is 0 Å². The van der Waals surface area contributed by atoms with E-state index < -0.39 is 10.0 Å². The molecule has 6 heteroatoms. The van der Waals surface area contributed by atoms with Gasteiger partial charge < -0.3 is 5.32 Å². The fraction of sp³-hybridized carbons (Fsp3) is 0.0500. The van der Waals surface area contributed by atoms with E-state index in [-0.39, 0.29) is 5.91 Å². The van der Waals surface area contributed by atoms with E-state index in [1.165, 1.54) is 0 Å². The molecule has 0 bridgehead atoms. The van der Waals surface area contributed by atoms with Crippen LogP contribution >= 0.6 is 0 Å². The Kier molecular flexibility index (Phi) is 5.04. The highest BCUT2D eigenvalue weighted by Crippen LogP contribution is 2.25. The van der Waals surface area contributed by atoms with Crippen molar-refractivity contribution in [2.45, 2.75) is 0 Å². The van der Waals surface area contributed by atoms with E-state index in [1.54, 1.807) is 30.3 Å². The average Bonchev–Trinajstić information content (AvgIpc) is 2.61. The molecule has 3 aromatic carbocycles. The third-order valence-corrected chi connectivity index (χ3v) is 4.29. The zero-order valence-electron chi connectivity index (χ0n) is 14.1. The monoisotopic (exact) mass is 366 g/mol. The van der Waals surface area contributed by atoms with Gasteiger partial charge in [0.1, 0.15) is 0 Å². The second-order valence-corrected chi connectivity index (χ2v) is 7.57. The fourth-order valence-corrected chi connectivity index (χ4v) is 3.18. The minimum atomic E-state index is -3.38. The molecule has 0 fully saturated rings. The summed E-state index contributed by atoms with van der Waals surface area (Å²) < 4.78 is 25.1. The quantitative estimate of drug-likeness (QED) is 0.717. The zero-order valence-corrected chi connectivity index (χ0v) is 15.0. The summed E-state index contributed by atoms with van der Waals surface area (Å²) in [5, 5.41) is 2.82. The van der Waals surface area contributed by atoms with Crippen molar-refractivity contribution in [3.8, 4) is 11.1 Å². The Morgan fingerprint density at radius 3 is 2.19 bits per heavy atom. The predicted octanol–water partition coefficient (Wildman–Crippen LogP) is 3.98. The summed E-state index contributed by atoms with van der Waals surface area (Å²) in [6, 6.07) is 23.6. The molecule has 3 rings (SSSR count). The summed E-state index contributed by atoms with van der Waals surface area (Å²) in [6.07, 6.45) is 1.08. The first-order chi connectivity index (χ1) is 12.4. The molecule has 0 saturated carbocycles. The molecule has 132 valence electrons. The second kappa shape index (κ2) is 7.41. The number of amides is 1. The number of nitrogens with one attached hydrogen (secondary N) is 2. The highest BCUT2D eigenvalue weighted by atomic mass is 32.2. The molecule has 3 aromatic rings. The van der Waals surface area contributed by atoms with E-state index >= 15 is 0 Å². The molecular weight excluding hydrogens is 348 g/mol. The lowest BCUT2D eigenvalue weighted by molar-refractivity contribution is 0.102. The van der Waals surface area contributed by atoms with Crippen LogP contribution in [0.25, 0.3) is 11.1 Å². The van der Waals surface area contributed by atoms with Crippen LogP contribution in [0.4, 0.5) is 11.4 Å². The molecular formula is C20H18N2O3S. The van der Waals surface area contributed by atoms with E-state index in [0.717, 1.165) is 17.4 Å². The molecule has 0 atom stereocenters. The van der Waals surface area contributed by atoms with Gasteiger partial charge in [-0.3, -0.25) is 9.52 Å². The van der Waals surface area contributed by atoms with Gasteiger partial charge in [0.05, 0.1) is 11.9 Å². The Hall–Kier alpha value is -3.12. The van der Waals surface area contributed by atoms with E-state index in [9.17, 15) is 13.2 Å². The first-order valence-electron chi connectivity index (χ1n) is 7.96. The van der Waals surface area contributed by atoms with E-state index in [2.05, 4.69) is 10.0 Å². The Morgan fingerprint density at radius 1 is 0.808 bits per heavy atom. The number of sulfonamides is 1. The van der Waals surface area contributed by atoms with Crippen LogP contribution in [0.3, 0.4) is 0 Å². The molecule has 0 aromatic heterocycles. The maximum Gasteiger partial charge on any atom is 0.256 e. The lowest BCUT2D eigenvalue weighted by Gasteiger charge is -2.11. The van der Waals surface area contributed by atoms with Crippen LogP contribution in [0.2, 0.25) is 0 Å². The van der Waals surface area contributed by atoms with Crippen LogP contribution < -0.4 is 10.0 Å². The van der Waals surface area contributed by atoms with Gasteiger partial charge in [0.25, 0.3) is 5.91 Å². The summed E-state index contributed by atoms with van der Waals surface area (Å²) in [4.78, 5) is 12.8. The molecule has 2 N–H and O–H groups in total. The normalized spacial score (nSPS) is 11.0. The maximum atomic E-state index is 12.8. The van der Waals surface area contributed by atoms with Crippen LogP contribution in [0, 0.1) is 0 Å². The van der Waals surface area contributed by atoms with Crippen molar-refractivity contribution in [1.29, 1.82) is 0 Å². The van der Waals surface area contributed by atoms with Gasteiger partial charge in [-0.05, 0) is 35.4 Å². The Labute approximate surface area is 152 Å². The van der Waals surface area contributed by atoms with Crippen LogP contribution in [-0.2, 0) is 10.0 Å². The standard InChI is InChI=1S/C20H18N2O3S/c1-26(24,25)22-17-11-7-10-16(14-17)21-20(23)19-13-6-5-12-18(19)15-8-3-2-4-9-15/h2-14,22H,1H3,(H,21,23). The summed E-state index contributed by atoms with van der Waals surface area (Å²) in [5.41, 5.74) is 3.22. The van der Waals surface area contributed by atoms with Crippen molar-refractivity contribution in [3.05, 3.63) is 84.4 Å². The number of benzene rings is 3. The van der Waals surface area contributed by atoms with Gasteiger partial charge in [0, 0.05) is 11.3 Å². The van der Waals surface area contributed by atoms with Crippen LogP contribution in [0.15, 0.2) is 78.9 Å². The molecule has 5 nitrogen and oxygen atoms in total. The third kappa shape index (κ3) is 4.49. The van der Waals surface area contributed by atoms with Crippen molar-refractivity contribution in [3.63, 3.8) is 0 Å². The number of anilines is 2. The molecule has 0 unspecified atom stereocenters. The smallest absolute Gasteiger partial charge is 0.256 e. The lowest BCUT2D eigenvalue weighted by Crippen LogP contribution is -2.14. The highest BCUT2D eigenvalue weighted by Gasteiger charge is 2.13. The van der Waals surface area contributed by atoms with Gasteiger partial charge in [0.2, 0.25) is 10.0 Å². The van der Waals surface area contributed by atoms with Crippen molar-refractivity contribution >= 4 is 27.3 Å². The van der Waals surface area contributed by atoms with Crippen molar-refractivity contribution in [1.82, 2.24) is 0 Å². The Bertz CT molecular complexity index is 1030. The largest absolute Gasteiger partial charge is 0.322 e. The molecule has 0 aliphatic heterocycles. The molecule has 0 aliphatic carbocycles. The SMILES string of the molecule is CS(=O)(=O)Nc1cccc(NC(=O)c2ccccc2-c2ccccc2)c1. The zero-order chi connectivity index (χ0) is 18.6. The summed E-state index contributed by atoms with van der Waals surface area (Å²) in [5.74, 6) is -0.263. The van der Waals surface area contributed by atoms with Gasteiger partial charge in [0.15, 0.2) is 0 Å². The summed E-state index contributed by atoms with van der Waals surface area (Å²) in [7, 11) is -3.38. The fourth-order valence-electron chi connectivity index (χ4n) is 2.62. The van der Waals surface area contributed by atoms with Crippen LogP contribution in [-0.4, -0.2) is 20.6 Å². The number of carbonyl (C=O) groups is 1. The highest BCUT2D eigenvalue weighted by molar-refractivity contribution is 7.92. The van der Waals surface area contributed by atoms with Crippen molar-refractivity contribution in [2.75, 3.05) is 16.3 Å². The van der Waals surface area contributed by atoms with Crippen molar-refractivity contribution in [2.24, 2.45) is 0 Å². The van der Waals surface area contributed by atoms with E-state index in [0.29, 0.717) is 16.9 Å². The van der Waals surface area contributed by atoms with E-state index in [4.69, 9.17) is 0 Å². The first kappa shape index (κ1) is 17.7. The molecule has 0 saturated heterocycles. The molecule has 0 spiro atoms. The van der Waals surface area contributed by atoms with Gasteiger partial charge in [-0.1, -0.05) is 54.6 Å². The number of rotatable bonds is 5. The first-order valence-corrected chi connectivity index (χ1v) is 9.85. The molecule has 1 amide bonds. The van der Waals surface area contributed by atoms with Crippen LogP contribution in [0.1, 0.15) is 10.4 Å². The summed E-state index contributed by atoms with van der Waals surface area (Å²) in [6.45, 7) is 0. The Morgan fingerprint density at radius 2 is 1.46 bits per heavy atom.